The maximum atomic E-state index is 12.1. The summed E-state index contributed by atoms with van der Waals surface area (Å²) in [4.78, 5) is 18.1. The smallest absolute Gasteiger partial charge is 0.230 e. The number of thiophene rings is 1. The highest BCUT2D eigenvalue weighted by Gasteiger charge is 2.10. The Labute approximate surface area is 156 Å². The Hall–Kier alpha value is -1.85. The number of rotatable bonds is 6. The Morgan fingerprint density at radius 2 is 2.04 bits per heavy atom. The SMILES string of the molecule is CCc1cc2cc(C)c(C)cc2nc1SCC(=O)NCc1cccs1. The molecule has 0 aliphatic rings. The van der Waals surface area contributed by atoms with E-state index in [9.17, 15) is 4.79 Å². The Kier molecular flexibility index (Phi) is 5.76. The lowest BCUT2D eigenvalue weighted by molar-refractivity contribution is -0.118. The first kappa shape index (κ1) is 18.0. The first-order valence-corrected chi connectivity index (χ1v) is 10.3. The Bertz CT molecular complexity index is 888. The van der Waals surface area contributed by atoms with Crippen LogP contribution in [-0.2, 0) is 17.8 Å². The minimum atomic E-state index is 0.0439. The molecule has 0 saturated heterocycles. The topological polar surface area (TPSA) is 42.0 Å². The lowest BCUT2D eigenvalue weighted by Gasteiger charge is -2.11. The number of hydrogen-bond donors (Lipinski definition) is 1. The molecule has 3 nitrogen and oxygen atoms in total. The zero-order valence-corrected chi connectivity index (χ0v) is 16.4. The summed E-state index contributed by atoms with van der Waals surface area (Å²) in [6.07, 6.45) is 0.912. The van der Waals surface area contributed by atoms with E-state index in [1.165, 1.54) is 38.7 Å². The number of aromatic nitrogens is 1. The number of nitrogens with zero attached hydrogens (tertiary/aromatic N) is 1. The van der Waals surface area contributed by atoms with Crippen molar-refractivity contribution in [1.82, 2.24) is 10.3 Å². The summed E-state index contributed by atoms with van der Waals surface area (Å²) in [5.41, 5.74) is 4.73. The molecule has 0 unspecified atom stereocenters. The lowest BCUT2D eigenvalue weighted by atomic mass is 10.0. The van der Waals surface area contributed by atoms with E-state index in [0.717, 1.165) is 17.0 Å². The molecular weight excluding hydrogens is 348 g/mol. The summed E-state index contributed by atoms with van der Waals surface area (Å²) in [5.74, 6) is 0.435. The van der Waals surface area contributed by atoms with Crippen molar-refractivity contribution in [3.05, 3.63) is 57.3 Å². The summed E-state index contributed by atoms with van der Waals surface area (Å²) >= 11 is 3.18. The second kappa shape index (κ2) is 8.02. The highest BCUT2D eigenvalue weighted by atomic mass is 32.2. The molecule has 130 valence electrons. The predicted octanol–water partition coefficient (Wildman–Crippen LogP) is 4.88. The second-order valence-corrected chi connectivity index (χ2v) is 8.08. The van der Waals surface area contributed by atoms with Crippen molar-refractivity contribution in [2.75, 3.05) is 5.75 Å². The van der Waals surface area contributed by atoms with Crippen molar-refractivity contribution >= 4 is 39.9 Å². The first-order chi connectivity index (χ1) is 12.1. The van der Waals surface area contributed by atoms with E-state index in [-0.39, 0.29) is 5.91 Å². The second-order valence-electron chi connectivity index (χ2n) is 6.08. The van der Waals surface area contributed by atoms with Crippen LogP contribution in [0.25, 0.3) is 10.9 Å². The normalized spacial score (nSPS) is 11.0. The highest BCUT2D eigenvalue weighted by molar-refractivity contribution is 7.99. The maximum Gasteiger partial charge on any atom is 0.230 e. The molecule has 0 bridgehead atoms. The van der Waals surface area contributed by atoms with Gasteiger partial charge in [-0.1, -0.05) is 24.8 Å². The van der Waals surface area contributed by atoms with E-state index in [2.05, 4.69) is 44.3 Å². The van der Waals surface area contributed by atoms with Crippen LogP contribution in [0.1, 0.15) is 28.5 Å². The Morgan fingerprint density at radius 3 is 2.76 bits per heavy atom. The summed E-state index contributed by atoms with van der Waals surface area (Å²) in [6, 6.07) is 10.6. The van der Waals surface area contributed by atoms with E-state index in [1.54, 1.807) is 11.3 Å². The van der Waals surface area contributed by atoms with Gasteiger partial charge < -0.3 is 5.32 Å². The molecule has 5 heteroatoms. The third kappa shape index (κ3) is 4.41. The molecule has 2 heterocycles. The monoisotopic (exact) mass is 370 g/mol. The standard InChI is InChI=1S/C20H22N2OS2/c1-4-15-10-16-8-13(2)14(3)9-18(16)22-20(15)25-12-19(23)21-11-17-6-5-7-24-17/h5-10H,4,11-12H2,1-3H3,(H,21,23). The molecule has 0 spiro atoms. The molecule has 1 aromatic carbocycles. The number of nitrogens with one attached hydrogen (secondary N) is 1. The van der Waals surface area contributed by atoms with Crippen LogP contribution >= 0.6 is 23.1 Å². The van der Waals surface area contributed by atoms with Gasteiger partial charge in [0.2, 0.25) is 5.91 Å². The molecule has 0 atom stereocenters. The summed E-state index contributed by atoms with van der Waals surface area (Å²) < 4.78 is 0. The molecular formula is C20H22N2OS2. The van der Waals surface area contributed by atoms with Gasteiger partial charge in [-0.25, -0.2) is 4.98 Å². The van der Waals surface area contributed by atoms with Crippen LogP contribution in [0.2, 0.25) is 0 Å². The van der Waals surface area contributed by atoms with Gasteiger partial charge in [0.25, 0.3) is 0 Å². The van der Waals surface area contributed by atoms with Gasteiger partial charge in [0.1, 0.15) is 5.03 Å². The number of carbonyl (C=O) groups is 1. The van der Waals surface area contributed by atoms with Gasteiger partial charge >= 0.3 is 0 Å². The van der Waals surface area contributed by atoms with Crippen molar-refractivity contribution in [1.29, 1.82) is 0 Å². The van der Waals surface area contributed by atoms with Crippen LogP contribution in [0, 0.1) is 13.8 Å². The van der Waals surface area contributed by atoms with E-state index < -0.39 is 0 Å². The quantitative estimate of drug-likeness (QED) is 0.629. The molecule has 0 aliphatic heterocycles. The van der Waals surface area contributed by atoms with E-state index in [4.69, 9.17) is 4.98 Å². The van der Waals surface area contributed by atoms with Crippen molar-refractivity contribution in [2.24, 2.45) is 0 Å². The Morgan fingerprint density at radius 1 is 1.24 bits per heavy atom. The Balaban J connectivity index is 1.71. The van der Waals surface area contributed by atoms with Gasteiger partial charge in [0.15, 0.2) is 0 Å². The molecule has 25 heavy (non-hydrogen) atoms. The van der Waals surface area contributed by atoms with Crippen molar-refractivity contribution in [3.8, 4) is 0 Å². The van der Waals surface area contributed by atoms with Gasteiger partial charge in [-0.05, 0) is 66.6 Å². The van der Waals surface area contributed by atoms with Crippen LogP contribution in [0.15, 0.2) is 40.7 Å². The minimum Gasteiger partial charge on any atom is -0.350 e. The largest absolute Gasteiger partial charge is 0.350 e. The molecule has 3 rings (SSSR count). The molecule has 2 aromatic heterocycles. The summed E-state index contributed by atoms with van der Waals surface area (Å²) in [7, 11) is 0. The van der Waals surface area contributed by atoms with Gasteiger partial charge in [-0.15, -0.1) is 11.3 Å². The average Bonchev–Trinajstić information content (AvgIpc) is 3.12. The molecule has 1 N–H and O–H groups in total. The van der Waals surface area contributed by atoms with Gasteiger partial charge in [0.05, 0.1) is 17.8 Å². The molecule has 1 amide bonds. The van der Waals surface area contributed by atoms with Crippen molar-refractivity contribution in [3.63, 3.8) is 0 Å². The van der Waals surface area contributed by atoms with Crippen LogP contribution in [0.5, 0.6) is 0 Å². The van der Waals surface area contributed by atoms with Crippen LogP contribution in [0.3, 0.4) is 0 Å². The number of pyridine rings is 1. The summed E-state index contributed by atoms with van der Waals surface area (Å²) in [5, 5.41) is 7.12. The number of aryl methyl sites for hydroxylation is 3. The predicted molar refractivity (Wildman–Crippen MR) is 107 cm³/mol. The third-order valence-corrected chi connectivity index (χ3v) is 6.14. The fourth-order valence-corrected chi connectivity index (χ4v) is 4.19. The fourth-order valence-electron chi connectivity index (χ4n) is 2.63. The first-order valence-electron chi connectivity index (χ1n) is 8.39. The average molecular weight is 371 g/mol. The van der Waals surface area contributed by atoms with E-state index in [0.29, 0.717) is 12.3 Å². The zero-order chi connectivity index (χ0) is 17.8. The molecule has 0 radical (unpaired) electrons. The van der Waals surface area contributed by atoms with E-state index >= 15 is 0 Å². The number of thioether (sulfide) groups is 1. The van der Waals surface area contributed by atoms with Crippen LogP contribution < -0.4 is 5.32 Å². The number of benzene rings is 1. The van der Waals surface area contributed by atoms with Gasteiger partial charge in [-0.2, -0.15) is 0 Å². The van der Waals surface area contributed by atoms with E-state index in [1.807, 2.05) is 17.5 Å². The fraction of sp³-hybridized carbons (Fsp3) is 0.300. The van der Waals surface area contributed by atoms with Crippen LogP contribution in [0.4, 0.5) is 0 Å². The van der Waals surface area contributed by atoms with Crippen molar-refractivity contribution < 1.29 is 4.79 Å². The number of hydrogen-bond acceptors (Lipinski definition) is 4. The molecule has 0 saturated carbocycles. The number of fused-ring (bicyclic) bond motifs is 1. The number of carbonyl (C=O) groups excluding carboxylic acids is 1. The lowest BCUT2D eigenvalue weighted by Crippen LogP contribution is -2.24. The molecule has 0 fully saturated rings. The van der Waals surface area contributed by atoms with Gasteiger partial charge in [-0.3, -0.25) is 4.79 Å². The summed E-state index contributed by atoms with van der Waals surface area (Å²) in [6.45, 7) is 6.96. The van der Waals surface area contributed by atoms with Crippen LogP contribution in [-0.4, -0.2) is 16.6 Å². The zero-order valence-electron chi connectivity index (χ0n) is 14.8. The third-order valence-electron chi connectivity index (χ3n) is 4.23. The molecule has 3 aromatic rings. The minimum absolute atomic E-state index is 0.0439. The van der Waals surface area contributed by atoms with Crippen molar-refractivity contribution in [2.45, 2.75) is 38.8 Å². The van der Waals surface area contributed by atoms with Gasteiger partial charge in [0, 0.05) is 10.3 Å². The number of amides is 1. The maximum absolute atomic E-state index is 12.1. The molecule has 0 aliphatic carbocycles. The highest BCUT2D eigenvalue weighted by Crippen LogP contribution is 2.27.